The van der Waals surface area contributed by atoms with Crippen LogP contribution in [0.15, 0.2) is 71.7 Å². The molecular formula is C23H18Cl2N2O3S. The fraction of sp³-hybridized carbons (Fsp3) is 0.130. The lowest BCUT2D eigenvalue weighted by Crippen LogP contribution is -2.19. The van der Waals surface area contributed by atoms with Gasteiger partial charge < -0.3 is 14.0 Å². The molecule has 158 valence electrons. The van der Waals surface area contributed by atoms with E-state index in [9.17, 15) is 4.79 Å². The molecule has 0 N–H and O–H groups in total. The number of halogens is 2. The minimum atomic E-state index is -0.355. The molecule has 0 spiro atoms. The number of ether oxygens (including phenoxy) is 2. The monoisotopic (exact) mass is 472 g/mol. The van der Waals surface area contributed by atoms with Gasteiger partial charge in [0.25, 0.3) is 5.91 Å². The van der Waals surface area contributed by atoms with Crippen LogP contribution in [0, 0.1) is 0 Å². The van der Waals surface area contributed by atoms with Gasteiger partial charge in [-0.25, -0.2) is 0 Å². The maximum Gasteiger partial charge on any atom is 0.279 e. The molecule has 0 unspecified atom stereocenters. The van der Waals surface area contributed by atoms with Gasteiger partial charge in [0.2, 0.25) is 0 Å². The molecule has 31 heavy (non-hydrogen) atoms. The first-order valence-corrected chi connectivity index (χ1v) is 11.0. The Morgan fingerprint density at radius 3 is 2.45 bits per heavy atom. The number of hydrogen-bond donors (Lipinski definition) is 0. The highest BCUT2D eigenvalue weighted by molar-refractivity contribution is 7.16. The van der Waals surface area contributed by atoms with E-state index in [2.05, 4.69) is 4.99 Å². The number of fused-ring (bicyclic) bond motifs is 1. The summed E-state index contributed by atoms with van der Waals surface area (Å²) in [5, 5.41) is 1.04. The molecule has 1 heterocycles. The maximum absolute atomic E-state index is 12.8. The van der Waals surface area contributed by atoms with Gasteiger partial charge in [0, 0.05) is 24.2 Å². The number of rotatable bonds is 6. The number of para-hydroxylation sites is 1. The predicted octanol–water partition coefficient (Wildman–Crippen LogP) is 6.19. The summed E-state index contributed by atoms with van der Waals surface area (Å²) in [6, 6.07) is 19.8. The fourth-order valence-corrected chi connectivity index (χ4v) is 4.88. The third-order valence-electron chi connectivity index (χ3n) is 4.49. The Labute approximate surface area is 193 Å². The Morgan fingerprint density at radius 1 is 1.03 bits per heavy atom. The van der Waals surface area contributed by atoms with E-state index in [1.165, 1.54) is 11.3 Å². The second kappa shape index (κ2) is 9.66. The number of amides is 1. The smallest absolute Gasteiger partial charge is 0.279 e. The molecule has 4 aromatic rings. The molecule has 0 fully saturated rings. The van der Waals surface area contributed by atoms with Crippen molar-refractivity contribution >= 4 is 50.7 Å². The maximum atomic E-state index is 12.8. The van der Waals surface area contributed by atoms with Crippen molar-refractivity contribution in [3.63, 3.8) is 0 Å². The average molecular weight is 473 g/mol. The van der Waals surface area contributed by atoms with Gasteiger partial charge in [0.15, 0.2) is 4.80 Å². The summed E-state index contributed by atoms with van der Waals surface area (Å²) < 4.78 is 13.7. The van der Waals surface area contributed by atoms with E-state index >= 15 is 0 Å². The van der Waals surface area contributed by atoms with Crippen molar-refractivity contribution < 1.29 is 14.3 Å². The Bertz CT molecular complexity index is 1280. The van der Waals surface area contributed by atoms with Crippen LogP contribution in [0.2, 0.25) is 10.0 Å². The number of hydrogen-bond acceptors (Lipinski definition) is 4. The van der Waals surface area contributed by atoms with E-state index < -0.39 is 0 Å². The zero-order chi connectivity index (χ0) is 21.8. The van der Waals surface area contributed by atoms with Gasteiger partial charge in [-0.15, -0.1) is 0 Å². The van der Waals surface area contributed by atoms with E-state index in [-0.39, 0.29) is 5.91 Å². The summed E-state index contributed by atoms with van der Waals surface area (Å²) in [4.78, 5) is 17.7. The molecule has 0 atom stereocenters. The number of benzene rings is 3. The minimum Gasteiger partial charge on any atom is -0.457 e. The minimum absolute atomic E-state index is 0.355. The normalized spacial score (nSPS) is 11.8. The van der Waals surface area contributed by atoms with Crippen LogP contribution in [-0.4, -0.2) is 24.2 Å². The zero-order valence-electron chi connectivity index (χ0n) is 16.5. The summed E-state index contributed by atoms with van der Waals surface area (Å²) >= 11 is 13.9. The van der Waals surface area contributed by atoms with Crippen molar-refractivity contribution in [2.75, 3.05) is 13.7 Å². The third kappa shape index (κ3) is 4.99. The lowest BCUT2D eigenvalue weighted by atomic mass is 10.2. The molecule has 0 aliphatic carbocycles. The first-order chi connectivity index (χ1) is 15.0. The molecule has 3 aromatic carbocycles. The standard InChI is InChI=1S/C23H18Cl2N2O3S/c1-29-12-11-27-21-19(25)13-16(24)14-20(21)31-23(27)26-22(28)15-7-9-18(10-8-15)30-17-5-3-2-4-6-17/h2-10,13-14H,11-12H2,1H3. The van der Waals surface area contributed by atoms with Gasteiger partial charge in [0.1, 0.15) is 11.5 Å². The fourth-order valence-electron chi connectivity index (χ4n) is 3.05. The second-order valence-corrected chi connectivity index (χ2v) is 8.47. The van der Waals surface area contributed by atoms with Crippen molar-refractivity contribution in [3.05, 3.63) is 87.1 Å². The van der Waals surface area contributed by atoms with Crippen LogP contribution in [0.4, 0.5) is 0 Å². The van der Waals surface area contributed by atoms with Gasteiger partial charge in [0.05, 0.1) is 21.8 Å². The molecule has 5 nitrogen and oxygen atoms in total. The summed E-state index contributed by atoms with van der Waals surface area (Å²) in [5.41, 5.74) is 1.24. The van der Waals surface area contributed by atoms with Gasteiger partial charge in [-0.3, -0.25) is 4.79 Å². The molecule has 0 radical (unpaired) electrons. The van der Waals surface area contributed by atoms with Crippen LogP contribution in [0.3, 0.4) is 0 Å². The van der Waals surface area contributed by atoms with Crippen LogP contribution in [0.25, 0.3) is 10.2 Å². The van der Waals surface area contributed by atoms with Crippen LogP contribution in [0.1, 0.15) is 10.4 Å². The van der Waals surface area contributed by atoms with Crippen LogP contribution < -0.4 is 9.54 Å². The van der Waals surface area contributed by atoms with E-state index in [1.54, 1.807) is 37.4 Å². The number of nitrogens with zero attached hydrogens (tertiary/aromatic N) is 2. The molecule has 4 rings (SSSR count). The molecule has 1 amide bonds. The molecule has 8 heteroatoms. The number of methoxy groups -OCH3 is 1. The van der Waals surface area contributed by atoms with Gasteiger partial charge in [-0.2, -0.15) is 4.99 Å². The zero-order valence-corrected chi connectivity index (χ0v) is 18.9. The Morgan fingerprint density at radius 2 is 1.74 bits per heavy atom. The van der Waals surface area contributed by atoms with Crippen LogP contribution >= 0.6 is 34.5 Å². The third-order valence-corrected chi connectivity index (χ3v) is 6.02. The highest BCUT2D eigenvalue weighted by Gasteiger charge is 2.13. The topological polar surface area (TPSA) is 52.8 Å². The van der Waals surface area contributed by atoms with Crippen molar-refractivity contribution in [1.82, 2.24) is 4.57 Å². The van der Waals surface area contributed by atoms with Crippen LogP contribution in [-0.2, 0) is 11.3 Å². The molecule has 0 saturated heterocycles. The highest BCUT2D eigenvalue weighted by Crippen LogP contribution is 2.30. The molecule has 0 bridgehead atoms. The molecule has 1 aromatic heterocycles. The number of carbonyl (C=O) groups is 1. The lowest BCUT2D eigenvalue weighted by molar-refractivity contribution is 0.0997. The Hall–Kier alpha value is -2.64. The van der Waals surface area contributed by atoms with Gasteiger partial charge >= 0.3 is 0 Å². The summed E-state index contributed by atoms with van der Waals surface area (Å²) in [7, 11) is 1.62. The first-order valence-electron chi connectivity index (χ1n) is 9.44. The largest absolute Gasteiger partial charge is 0.457 e. The first kappa shape index (κ1) is 21.6. The summed E-state index contributed by atoms with van der Waals surface area (Å²) in [5.74, 6) is 1.01. The van der Waals surface area contributed by atoms with Crippen molar-refractivity contribution in [1.29, 1.82) is 0 Å². The SMILES string of the molecule is COCCn1c(=NC(=O)c2ccc(Oc3ccccc3)cc2)sc2cc(Cl)cc(Cl)c21. The number of aromatic nitrogens is 1. The van der Waals surface area contributed by atoms with Crippen molar-refractivity contribution in [2.24, 2.45) is 4.99 Å². The van der Waals surface area contributed by atoms with Gasteiger partial charge in [-0.1, -0.05) is 52.7 Å². The molecular weight excluding hydrogens is 455 g/mol. The van der Waals surface area contributed by atoms with Crippen molar-refractivity contribution in [2.45, 2.75) is 6.54 Å². The van der Waals surface area contributed by atoms with E-state index in [0.29, 0.717) is 39.3 Å². The number of carbonyl (C=O) groups excluding carboxylic acids is 1. The highest BCUT2D eigenvalue weighted by atomic mass is 35.5. The average Bonchev–Trinajstić information content (AvgIpc) is 3.10. The van der Waals surface area contributed by atoms with Gasteiger partial charge in [-0.05, 0) is 48.5 Å². The summed E-state index contributed by atoms with van der Waals surface area (Å²) in [6.07, 6.45) is 0. The van der Waals surface area contributed by atoms with E-state index in [1.807, 2.05) is 41.0 Å². The predicted molar refractivity (Wildman–Crippen MR) is 125 cm³/mol. The Balaban J connectivity index is 1.66. The quantitative estimate of drug-likeness (QED) is 0.336. The van der Waals surface area contributed by atoms with E-state index in [4.69, 9.17) is 32.7 Å². The van der Waals surface area contributed by atoms with Crippen LogP contribution in [0.5, 0.6) is 11.5 Å². The Kier molecular flexibility index (Phi) is 6.73. The lowest BCUT2D eigenvalue weighted by Gasteiger charge is -2.06. The number of thiazole rings is 1. The second-order valence-electron chi connectivity index (χ2n) is 6.62. The molecule has 0 saturated carbocycles. The summed E-state index contributed by atoms with van der Waals surface area (Å²) in [6.45, 7) is 0.964. The van der Waals surface area contributed by atoms with E-state index in [0.717, 1.165) is 16.0 Å². The molecule has 0 aliphatic rings. The van der Waals surface area contributed by atoms with Crippen molar-refractivity contribution in [3.8, 4) is 11.5 Å². The molecule has 0 aliphatic heterocycles.